The van der Waals surface area contributed by atoms with E-state index in [0.717, 1.165) is 72.5 Å². The number of phenolic OH excluding ortho intramolecular Hbond substituents is 1. The summed E-state index contributed by atoms with van der Waals surface area (Å²) in [6.07, 6.45) is 1.88. The Morgan fingerprint density at radius 1 is 0.516 bits per heavy atom. The van der Waals surface area contributed by atoms with Crippen LogP contribution in [-0.2, 0) is 31.9 Å². The summed E-state index contributed by atoms with van der Waals surface area (Å²) in [5.74, 6) is 0.828. The van der Waals surface area contributed by atoms with E-state index in [1.54, 1.807) is 6.07 Å². The van der Waals surface area contributed by atoms with Crippen molar-refractivity contribution in [2.75, 3.05) is 0 Å². The minimum absolute atomic E-state index is 0. The van der Waals surface area contributed by atoms with E-state index in [0.29, 0.717) is 11.4 Å². The van der Waals surface area contributed by atoms with Gasteiger partial charge < -0.3 is 5.11 Å². The maximum absolute atomic E-state index is 11.5. The van der Waals surface area contributed by atoms with Crippen LogP contribution in [0.3, 0.4) is 0 Å². The van der Waals surface area contributed by atoms with Crippen molar-refractivity contribution in [3.8, 4) is 78.6 Å². The minimum Gasteiger partial charge on any atom is -0.507 e. The van der Waals surface area contributed by atoms with Crippen molar-refractivity contribution in [3.05, 3.63) is 193 Å². The van der Waals surface area contributed by atoms with Gasteiger partial charge in [-0.15, -0.1) is 23.8 Å². The van der Waals surface area contributed by atoms with Gasteiger partial charge in [0.1, 0.15) is 11.6 Å². The fourth-order valence-corrected chi connectivity index (χ4v) is 8.13. The number of imidazole rings is 1. The normalized spacial score (nSPS) is 11.7. The molecule has 7 aromatic carbocycles. The molecule has 0 atom stereocenters. The van der Waals surface area contributed by atoms with Crippen LogP contribution in [0.2, 0.25) is 0 Å². The molecule has 0 amide bonds. The number of aromatic hydroxyl groups is 1. The molecule has 0 aliphatic heterocycles. The Labute approximate surface area is 380 Å². The van der Waals surface area contributed by atoms with Gasteiger partial charge in [0.25, 0.3) is 0 Å². The van der Waals surface area contributed by atoms with E-state index < -0.39 is 0 Å². The van der Waals surface area contributed by atoms with E-state index in [4.69, 9.17) is 9.97 Å². The quantitative estimate of drug-likeness (QED) is 0.162. The second-order valence-corrected chi connectivity index (χ2v) is 18.1. The summed E-state index contributed by atoms with van der Waals surface area (Å²) in [4.78, 5) is 10.4. The standard InChI is InChI=1S/C57H50N3O.Pt/c1-37-20-22-39(23-21-37)41-30-31-58-50(35-41)44-33-42(38-14-9-8-10-15-38)32-43(34-44)48-17-13-18-51-54(48)59-55(49-16-11-12-19-53(49)61)60(51)52-36-46(57(5,6)7)28-29-47(52)40-24-26-45(27-25-40)56(2,3)4;/h8-33,35-36,61H,1-7H3;/q-1;. The second-order valence-electron chi connectivity index (χ2n) is 18.1. The fraction of sp³-hybridized carbons (Fsp3) is 0.158. The molecule has 1 N–H and O–H groups in total. The molecule has 310 valence electrons. The van der Waals surface area contributed by atoms with Gasteiger partial charge in [-0.25, -0.2) is 4.98 Å². The number of hydrogen-bond acceptors (Lipinski definition) is 3. The molecule has 0 fully saturated rings. The third kappa shape index (κ3) is 8.33. The summed E-state index contributed by atoms with van der Waals surface area (Å²) in [7, 11) is 0. The van der Waals surface area contributed by atoms with Crippen LogP contribution < -0.4 is 0 Å². The Hall–Kier alpha value is -6.35. The summed E-state index contributed by atoms with van der Waals surface area (Å²) in [6, 6.07) is 61.1. The van der Waals surface area contributed by atoms with Gasteiger partial charge in [-0.3, -0.25) is 9.55 Å². The summed E-state index contributed by atoms with van der Waals surface area (Å²) in [5, 5.41) is 11.5. The average molecular weight is 988 g/mol. The smallest absolute Gasteiger partial charge is 0.148 e. The molecule has 0 radical (unpaired) electrons. The van der Waals surface area contributed by atoms with E-state index in [1.807, 2.05) is 30.5 Å². The predicted molar refractivity (Wildman–Crippen MR) is 254 cm³/mol. The maximum atomic E-state index is 11.5. The first-order valence-electron chi connectivity index (χ1n) is 21.0. The number of nitrogens with zero attached hydrogens (tertiary/aromatic N) is 3. The van der Waals surface area contributed by atoms with Crippen LogP contribution in [0.1, 0.15) is 58.2 Å². The summed E-state index contributed by atoms with van der Waals surface area (Å²) in [6.45, 7) is 15.6. The van der Waals surface area contributed by atoms with Gasteiger partial charge in [0, 0.05) is 38.5 Å². The van der Waals surface area contributed by atoms with Crippen LogP contribution in [-0.4, -0.2) is 19.6 Å². The summed E-state index contributed by atoms with van der Waals surface area (Å²) in [5.41, 5.74) is 17.1. The van der Waals surface area contributed by atoms with Gasteiger partial charge in [-0.2, -0.15) is 0 Å². The molecule has 9 aromatic rings. The molecule has 0 aliphatic rings. The van der Waals surface area contributed by atoms with E-state index >= 15 is 0 Å². The minimum atomic E-state index is -0.117. The first-order valence-corrected chi connectivity index (χ1v) is 21.0. The van der Waals surface area contributed by atoms with Crippen LogP contribution >= 0.6 is 0 Å². The van der Waals surface area contributed by atoms with Crippen LogP contribution in [0.15, 0.2) is 170 Å². The molecule has 0 unspecified atom stereocenters. The van der Waals surface area contributed by atoms with Crippen LogP contribution in [0.5, 0.6) is 5.75 Å². The van der Waals surface area contributed by atoms with E-state index in [2.05, 4.69) is 193 Å². The summed E-state index contributed by atoms with van der Waals surface area (Å²) < 4.78 is 2.24. The van der Waals surface area contributed by atoms with Crippen LogP contribution in [0.25, 0.3) is 83.9 Å². The molecule has 0 aliphatic carbocycles. The first-order chi connectivity index (χ1) is 29.3. The van der Waals surface area contributed by atoms with Crippen LogP contribution in [0, 0.1) is 13.0 Å². The molecule has 2 aromatic heterocycles. The van der Waals surface area contributed by atoms with Gasteiger partial charge in [0.15, 0.2) is 0 Å². The Morgan fingerprint density at radius 3 is 1.85 bits per heavy atom. The SMILES string of the molecule is Cc1ccc(-c2ccnc(-c3[c-]c(-c4cccc5c4nc(-c4ccccc4O)n5-c4cc(C(C)(C)C)ccc4-c4ccc(C(C)(C)C)cc4)cc(-c4ccccc4)c3)c2)cc1.[Pt]. The zero-order valence-electron chi connectivity index (χ0n) is 36.3. The molecular formula is C57H50N3OPt-. The van der Waals surface area contributed by atoms with Crippen LogP contribution in [0.4, 0.5) is 0 Å². The van der Waals surface area contributed by atoms with Crippen molar-refractivity contribution in [3.63, 3.8) is 0 Å². The van der Waals surface area contributed by atoms with E-state index in [-0.39, 0.29) is 37.6 Å². The molecule has 9 rings (SSSR count). The Balaban J connectivity index is 0.00000529. The number of rotatable bonds is 7. The molecule has 0 saturated carbocycles. The number of pyridine rings is 1. The number of aryl methyl sites for hydroxylation is 1. The maximum Gasteiger partial charge on any atom is 0.148 e. The van der Waals surface area contributed by atoms with Gasteiger partial charge >= 0.3 is 0 Å². The third-order valence-electron chi connectivity index (χ3n) is 11.7. The molecule has 0 bridgehead atoms. The van der Waals surface area contributed by atoms with Crippen molar-refractivity contribution < 1.29 is 26.2 Å². The van der Waals surface area contributed by atoms with Crippen molar-refractivity contribution in [1.82, 2.24) is 14.5 Å². The molecule has 5 heteroatoms. The number of fused-ring (bicyclic) bond motifs is 1. The second kappa shape index (κ2) is 16.8. The first kappa shape index (κ1) is 42.3. The predicted octanol–water partition coefficient (Wildman–Crippen LogP) is 14.8. The Kier molecular flexibility index (Phi) is 11.5. The average Bonchev–Trinajstić information content (AvgIpc) is 3.66. The third-order valence-corrected chi connectivity index (χ3v) is 11.7. The van der Waals surface area contributed by atoms with Crippen molar-refractivity contribution in [1.29, 1.82) is 0 Å². The zero-order valence-corrected chi connectivity index (χ0v) is 38.5. The Bertz CT molecular complexity index is 3040. The van der Waals surface area contributed by atoms with Gasteiger partial charge in [-0.1, -0.05) is 185 Å². The Morgan fingerprint density at radius 2 is 1.15 bits per heavy atom. The number of para-hydroxylation sites is 2. The van der Waals surface area contributed by atoms with Gasteiger partial charge in [0.05, 0.1) is 22.3 Å². The largest absolute Gasteiger partial charge is 0.507 e. The topological polar surface area (TPSA) is 50.9 Å². The summed E-state index contributed by atoms with van der Waals surface area (Å²) >= 11 is 0. The van der Waals surface area contributed by atoms with Gasteiger partial charge in [0.2, 0.25) is 0 Å². The number of benzene rings is 7. The number of hydrogen-bond donors (Lipinski definition) is 1. The van der Waals surface area contributed by atoms with Crippen molar-refractivity contribution in [2.24, 2.45) is 0 Å². The molecule has 4 nitrogen and oxygen atoms in total. The van der Waals surface area contributed by atoms with Gasteiger partial charge in [-0.05, 0) is 81.5 Å². The molecule has 0 spiro atoms. The molecule has 62 heavy (non-hydrogen) atoms. The van der Waals surface area contributed by atoms with Crippen molar-refractivity contribution in [2.45, 2.75) is 59.3 Å². The number of phenols is 1. The molecule has 2 heterocycles. The van der Waals surface area contributed by atoms with E-state index in [1.165, 1.54) is 16.7 Å². The molecule has 0 saturated heterocycles. The number of aromatic nitrogens is 3. The van der Waals surface area contributed by atoms with E-state index in [9.17, 15) is 5.11 Å². The fourth-order valence-electron chi connectivity index (χ4n) is 8.13. The van der Waals surface area contributed by atoms with Crippen molar-refractivity contribution >= 4 is 11.0 Å². The molecular weight excluding hydrogens is 938 g/mol. The zero-order chi connectivity index (χ0) is 42.5. The monoisotopic (exact) mass is 987 g/mol.